The molecule has 3 N–H and O–H groups in total. The minimum Gasteiger partial charge on any atom is -0.454 e. The van der Waals surface area contributed by atoms with Gasteiger partial charge in [0.2, 0.25) is 5.72 Å². The molecule has 5 unspecified atom stereocenters. The first kappa shape index (κ1) is 14.7. The van der Waals surface area contributed by atoms with Gasteiger partial charge in [0.25, 0.3) is 0 Å². The smallest absolute Gasteiger partial charge is 0.356 e. The number of esters is 3. The van der Waals surface area contributed by atoms with Crippen LogP contribution < -0.4 is 5.73 Å². The van der Waals surface area contributed by atoms with Crippen LogP contribution in [0.5, 0.6) is 0 Å². The standard InChI is InChI=1S/C14H16N2O6/c1-2-9(15)13(19)20-5-10(17)21-11-6-3-7-8(4-6)14(11,16)22-12(7)18/h2,6-8,11,15H,1,3-5,16H2. The van der Waals surface area contributed by atoms with Crippen molar-refractivity contribution in [1.29, 1.82) is 5.41 Å². The molecule has 1 aliphatic heterocycles. The number of carbonyl (C=O) groups is 3. The summed E-state index contributed by atoms with van der Waals surface area (Å²) in [4.78, 5) is 34.8. The molecule has 0 amide bonds. The van der Waals surface area contributed by atoms with Crippen LogP contribution in [0.4, 0.5) is 0 Å². The number of nitrogens with one attached hydrogen (secondary N) is 1. The van der Waals surface area contributed by atoms with Gasteiger partial charge < -0.3 is 14.2 Å². The highest BCUT2D eigenvalue weighted by molar-refractivity contribution is 6.39. The van der Waals surface area contributed by atoms with Gasteiger partial charge in [0, 0.05) is 11.8 Å². The molecular weight excluding hydrogens is 292 g/mol. The Hall–Kier alpha value is -2.22. The Balaban J connectivity index is 1.59. The van der Waals surface area contributed by atoms with Crippen molar-refractivity contribution in [2.75, 3.05) is 6.61 Å². The molecular formula is C14H16N2O6. The molecule has 3 fully saturated rings. The third-order valence-corrected chi connectivity index (χ3v) is 4.64. The van der Waals surface area contributed by atoms with Crippen LogP contribution in [0.1, 0.15) is 12.8 Å². The molecule has 0 spiro atoms. The van der Waals surface area contributed by atoms with Gasteiger partial charge in [0.15, 0.2) is 12.7 Å². The molecule has 0 radical (unpaired) electrons. The molecule has 22 heavy (non-hydrogen) atoms. The summed E-state index contributed by atoms with van der Waals surface area (Å²) in [7, 11) is 0. The molecule has 3 rings (SSSR count). The monoisotopic (exact) mass is 308 g/mol. The lowest BCUT2D eigenvalue weighted by Crippen LogP contribution is -2.56. The lowest BCUT2D eigenvalue weighted by atomic mass is 9.84. The molecule has 2 aliphatic carbocycles. The summed E-state index contributed by atoms with van der Waals surface area (Å²) in [5, 5.41) is 7.18. The number of hydrogen-bond donors (Lipinski definition) is 2. The van der Waals surface area contributed by atoms with Crippen molar-refractivity contribution in [2.24, 2.45) is 23.5 Å². The van der Waals surface area contributed by atoms with E-state index in [1.807, 2.05) is 0 Å². The van der Waals surface area contributed by atoms with Crippen LogP contribution in [0.2, 0.25) is 0 Å². The lowest BCUT2D eigenvalue weighted by molar-refractivity contribution is -0.180. The second-order valence-electron chi connectivity index (χ2n) is 5.82. The van der Waals surface area contributed by atoms with Crippen molar-refractivity contribution in [3.8, 4) is 0 Å². The van der Waals surface area contributed by atoms with Gasteiger partial charge in [-0.25, -0.2) is 9.59 Å². The maximum absolute atomic E-state index is 11.8. The highest BCUT2D eigenvalue weighted by Gasteiger charge is 2.71. The second kappa shape index (κ2) is 4.91. The van der Waals surface area contributed by atoms with Crippen LogP contribution in [0, 0.1) is 23.2 Å². The first-order valence-corrected chi connectivity index (χ1v) is 6.96. The van der Waals surface area contributed by atoms with Gasteiger partial charge >= 0.3 is 17.9 Å². The zero-order valence-corrected chi connectivity index (χ0v) is 11.7. The molecule has 8 heteroatoms. The Morgan fingerprint density at radius 3 is 2.91 bits per heavy atom. The molecule has 3 aliphatic rings. The maximum Gasteiger partial charge on any atom is 0.356 e. The van der Waals surface area contributed by atoms with Crippen molar-refractivity contribution < 1.29 is 28.6 Å². The van der Waals surface area contributed by atoms with Crippen LogP contribution in [-0.2, 0) is 28.6 Å². The van der Waals surface area contributed by atoms with Crippen molar-refractivity contribution in [2.45, 2.75) is 24.7 Å². The third kappa shape index (κ3) is 2.02. The van der Waals surface area contributed by atoms with Gasteiger partial charge in [-0.15, -0.1) is 0 Å². The fourth-order valence-corrected chi connectivity index (χ4v) is 3.70. The Morgan fingerprint density at radius 2 is 2.23 bits per heavy atom. The molecule has 2 bridgehead atoms. The van der Waals surface area contributed by atoms with E-state index in [2.05, 4.69) is 11.3 Å². The van der Waals surface area contributed by atoms with E-state index in [0.29, 0.717) is 12.8 Å². The topological polar surface area (TPSA) is 129 Å². The van der Waals surface area contributed by atoms with E-state index in [1.165, 1.54) is 0 Å². The predicted octanol–water partition coefficient (Wildman–Crippen LogP) is -0.485. The number of nitrogens with two attached hydrogens (primary N) is 1. The summed E-state index contributed by atoms with van der Waals surface area (Å²) >= 11 is 0. The zero-order valence-electron chi connectivity index (χ0n) is 11.7. The van der Waals surface area contributed by atoms with Crippen LogP contribution in [-0.4, -0.2) is 42.1 Å². The summed E-state index contributed by atoms with van der Waals surface area (Å²) < 4.78 is 15.1. The predicted molar refractivity (Wildman–Crippen MR) is 71.5 cm³/mol. The molecule has 1 saturated heterocycles. The van der Waals surface area contributed by atoms with Crippen LogP contribution in [0.25, 0.3) is 0 Å². The molecule has 2 saturated carbocycles. The zero-order chi connectivity index (χ0) is 16.1. The highest BCUT2D eigenvalue weighted by atomic mass is 16.6. The molecule has 1 heterocycles. The Labute approximate surface area is 126 Å². The van der Waals surface area contributed by atoms with Crippen molar-refractivity contribution in [3.63, 3.8) is 0 Å². The quantitative estimate of drug-likeness (QED) is 0.398. The fourth-order valence-electron chi connectivity index (χ4n) is 3.70. The van der Waals surface area contributed by atoms with Gasteiger partial charge in [-0.2, -0.15) is 0 Å². The summed E-state index contributed by atoms with van der Waals surface area (Å²) in [6, 6.07) is 0. The van der Waals surface area contributed by atoms with E-state index in [0.717, 1.165) is 6.08 Å². The minimum atomic E-state index is -1.27. The average molecular weight is 308 g/mol. The Morgan fingerprint density at radius 1 is 1.50 bits per heavy atom. The minimum absolute atomic E-state index is 0.0161. The first-order valence-electron chi connectivity index (χ1n) is 6.96. The molecule has 0 aromatic heterocycles. The molecule has 8 nitrogen and oxygen atoms in total. The normalized spacial score (nSPS) is 37.6. The van der Waals surface area contributed by atoms with E-state index in [4.69, 9.17) is 20.6 Å². The third-order valence-electron chi connectivity index (χ3n) is 4.64. The SMILES string of the molecule is C=CC(=N)C(=O)OCC(=O)OC1C2CC3C(=O)OC1(N)C3C2. The van der Waals surface area contributed by atoms with Gasteiger partial charge in [-0.1, -0.05) is 6.58 Å². The Kier molecular flexibility index (Phi) is 3.28. The van der Waals surface area contributed by atoms with E-state index >= 15 is 0 Å². The highest BCUT2D eigenvalue weighted by Crippen LogP contribution is 2.59. The van der Waals surface area contributed by atoms with E-state index in [-0.39, 0.29) is 23.7 Å². The fraction of sp³-hybridized carbons (Fsp3) is 0.571. The van der Waals surface area contributed by atoms with Gasteiger partial charge in [-0.05, 0) is 18.9 Å². The lowest BCUT2D eigenvalue weighted by Gasteiger charge is -2.33. The summed E-state index contributed by atoms with van der Waals surface area (Å²) in [6.45, 7) is 2.62. The number of ether oxygens (including phenoxy) is 3. The van der Waals surface area contributed by atoms with E-state index < -0.39 is 36.1 Å². The molecule has 0 aromatic rings. The van der Waals surface area contributed by atoms with Crippen LogP contribution in [0.3, 0.4) is 0 Å². The molecule has 5 atom stereocenters. The largest absolute Gasteiger partial charge is 0.454 e. The van der Waals surface area contributed by atoms with Crippen LogP contribution in [0.15, 0.2) is 12.7 Å². The van der Waals surface area contributed by atoms with Gasteiger partial charge in [-0.3, -0.25) is 15.9 Å². The number of fused-ring (bicyclic) bond motifs is 1. The van der Waals surface area contributed by atoms with Crippen molar-refractivity contribution in [1.82, 2.24) is 0 Å². The summed E-state index contributed by atoms with van der Waals surface area (Å²) in [5.41, 5.74) is 4.40. The Bertz CT molecular complexity index is 588. The summed E-state index contributed by atoms with van der Waals surface area (Å²) in [6.07, 6.45) is 1.58. The first-order chi connectivity index (χ1) is 10.4. The summed E-state index contributed by atoms with van der Waals surface area (Å²) in [5.74, 6) is -2.42. The second-order valence-corrected chi connectivity index (χ2v) is 5.82. The molecule has 0 aromatic carbocycles. The van der Waals surface area contributed by atoms with Crippen LogP contribution >= 0.6 is 0 Å². The number of rotatable bonds is 5. The van der Waals surface area contributed by atoms with Crippen molar-refractivity contribution in [3.05, 3.63) is 12.7 Å². The van der Waals surface area contributed by atoms with E-state index in [9.17, 15) is 14.4 Å². The molecule has 118 valence electrons. The maximum atomic E-state index is 11.8. The average Bonchev–Trinajstić information content (AvgIpc) is 3.07. The van der Waals surface area contributed by atoms with E-state index in [1.54, 1.807) is 0 Å². The van der Waals surface area contributed by atoms with Gasteiger partial charge in [0.05, 0.1) is 5.92 Å². The number of hydrogen-bond acceptors (Lipinski definition) is 8. The number of carbonyl (C=O) groups excluding carboxylic acids is 3. The van der Waals surface area contributed by atoms with Gasteiger partial charge in [0.1, 0.15) is 5.71 Å². The van der Waals surface area contributed by atoms with Crippen molar-refractivity contribution >= 4 is 23.6 Å².